The van der Waals surface area contributed by atoms with Crippen LogP contribution in [-0.2, 0) is 20.9 Å². The van der Waals surface area contributed by atoms with Crippen LogP contribution in [0.3, 0.4) is 0 Å². The number of amides is 2. The summed E-state index contributed by atoms with van der Waals surface area (Å²) in [6, 6.07) is 7.60. The molecule has 5 aliphatic rings. The summed E-state index contributed by atoms with van der Waals surface area (Å²) in [5, 5.41) is 12.5. The van der Waals surface area contributed by atoms with Crippen molar-refractivity contribution in [2.24, 2.45) is 23.2 Å². The molecule has 1 unspecified atom stereocenters. The summed E-state index contributed by atoms with van der Waals surface area (Å²) in [7, 11) is -1.88. The Bertz CT molecular complexity index is 1130. The van der Waals surface area contributed by atoms with E-state index in [-0.39, 0.29) is 35.1 Å². The van der Waals surface area contributed by atoms with Crippen LogP contribution in [0.1, 0.15) is 84.1 Å². The quantitative estimate of drug-likeness (QED) is 0.313. The van der Waals surface area contributed by atoms with Crippen LogP contribution in [0.25, 0.3) is 0 Å². The van der Waals surface area contributed by atoms with Gasteiger partial charge in [0.15, 0.2) is 0 Å². The highest BCUT2D eigenvalue weighted by Crippen LogP contribution is 2.61. The van der Waals surface area contributed by atoms with Gasteiger partial charge in [-0.2, -0.15) is 0 Å². The fraction of sp³-hybridized carbons (Fsp3) is 0.735. The molecule has 43 heavy (non-hydrogen) atoms. The van der Waals surface area contributed by atoms with Gasteiger partial charge in [-0.1, -0.05) is 32.9 Å². The van der Waals surface area contributed by atoms with E-state index in [1.54, 1.807) is 0 Å². The Labute approximate surface area is 259 Å². The van der Waals surface area contributed by atoms with Crippen LogP contribution in [0.15, 0.2) is 24.3 Å². The molecule has 4 saturated carbocycles. The molecule has 0 spiro atoms. The molecule has 1 heterocycles. The first kappa shape index (κ1) is 32.0. The molecule has 1 aliphatic heterocycles. The van der Waals surface area contributed by atoms with Crippen LogP contribution >= 0.6 is 0 Å². The molecule has 1 atom stereocenters. The summed E-state index contributed by atoms with van der Waals surface area (Å²) in [6.07, 6.45) is 7.84. The van der Waals surface area contributed by atoms with Gasteiger partial charge in [0.05, 0.1) is 0 Å². The minimum Gasteiger partial charge on any atom is -0.544 e. The molecular formula is C34H53N3O5Si. The molecular weight excluding hydrogens is 558 g/mol. The molecule has 4 aliphatic carbocycles. The van der Waals surface area contributed by atoms with E-state index in [0.717, 1.165) is 62.4 Å². The van der Waals surface area contributed by atoms with Crippen molar-refractivity contribution in [1.29, 1.82) is 0 Å². The molecule has 1 aromatic rings. The smallest absolute Gasteiger partial charge is 0.303 e. The largest absolute Gasteiger partial charge is 0.544 e. The van der Waals surface area contributed by atoms with E-state index in [9.17, 15) is 19.5 Å². The maximum absolute atomic E-state index is 13.6. The molecule has 1 saturated heterocycles. The first-order valence-corrected chi connectivity index (χ1v) is 19.4. The summed E-state index contributed by atoms with van der Waals surface area (Å²) in [4.78, 5) is 42.5. The van der Waals surface area contributed by atoms with Crippen LogP contribution in [-0.4, -0.2) is 73.2 Å². The van der Waals surface area contributed by atoms with Crippen LogP contribution in [0.2, 0.25) is 18.1 Å². The highest BCUT2D eigenvalue weighted by Gasteiger charge is 2.51. The van der Waals surface area contributed by atoms with Gasteiger partial charge in [-0.15, -0.1) is 0 Å². The molecule has 9 heteroatoms. The van der Waals surface area contributed by atoms with Crippen molar-refractivity contribution in [3.8, 4) is 5.75 Å². The number of benzene rings is 1. The van der Waals surface area contributed by atoms with E-state index in [4.69, 9.17) is 4.43 Å². The zero-order valence-electron chi connectivity index (χ0n) is 27.0. The second-order valence-electron chi connectivity index (χ2n) is 15.8. The Morgan fingerprint density at radius 2 is 1.53 bits per heavy atom. The number of nitrogens with one attached hydrogen (secondary N) is 1. The van der Waals surface area contributed by atoms with E-state index in [1.165, 1.54) is 24.8 Å². The normalized spacial score (nSPS) is 28.0. The van der Waals surface area contributed by atoms with Crippen LogP contribution in [0.4, 0.5) is 0 Å². The zero-order valence-corrected chi connectivity index (χ0v) is 28.0. The number of carbonyl (C=O) groups excluding carboxylic acids is 2. The minimum atomic E-state index is -1.88. The number of hydrogen-bond donors (Lipinski definition) is 2. The maximum atomic E-state index is 13.6. The molecule has 5 fully saturated rings. The average Bonchev–Trinajstić information content (AvgIpc) is 2.90. The van der Waals surface area contributed by atoms with Gasteiger partial charge < -0.3 is 19.7 Å². The summed E-state index contributed by atoms with van der Waals surface area (Å²) >= 11 is 0. The van der Waals surface area contributed by atoms with E-state index >= 15 is 0 Å². The van der Waals surface area contributed by atoms with Crippen LogP contribution in [0, 0.1) is 23.2 Å². The highest BCUT2D eigenvalue weighted by molar-refractivity contribution is 6.74. The SMILES string of the molecule is CC(C)(C)[Si](C)(C)Oc1ccc(CN2CCN(C(=O)C(CCC(=O)O)NC(=O)CC34CC5CC(CC(C5)C3)C4)CC2)cc1. The van der Waals surface area contributed by atoms with E-state index in [2.05, 4.69) is 68.3 Å². The van der Waals surface area contributed by atoms with Gasteiger partial charge in [0, 0.05) is 45.6 Å². The predicted octanol–water partition coefficient (Wildman–Crippen LogP) is 5.67. The third-order valence-electron chi connectivity index (χ3n) is 11.2. The van der Waals surface area contributed by atoms with Gasteiger partial charge >= 0.3 is 5.97 Å². The summed E-state index contributed by atoms with van der Waals surface area (Å²) in [5.41, 5.74) is 1.29. The Morgan fingerprint density at radius 1 is 0.977 bits per heavy atom. The highest BCUT2D eigenvalue weighted by atomic mass is 28.4. The third kappa shape index (κ3) is 7.83. The summed E-state index contributed by atoms with van der Waals surface area (Å²) in [5.74, 6) is 2.02. The van der Waals surface area contributed by atoms with Gasteiger partial charge in [-0.3, -0.25) is 19.3 Å². The molecule has 2 N–H and O–H groups in total. The molecule has 2 amide bonds. The number of carboxylic acids is 1. The van der Waals surface area contributed by atoms with Crippen molar-refractivity contribution in [1.82, 2.24) is 15.1 Å². The lowest BCUT2D eigenvalue weighted by molar-refractivity contribution is -0.142. The number of carboxylic acid groups (broad SMARTS) is 1. The van der Waals surface area contributed by atoms with Gasteiger partial charge in [-0.05, 0) is 104 Å². The first-order chi connectivity index (χ1) is 20.2. The second-order valence-corrected chi connectivity index (χ2v) is 20.5. The van der Waals surface area contributed by atoms with Gasteiger partial charge in [-0.25, -0.2) is 0 Å². The second kappa shape index (κ2) is 12.5. The first-order valence-electron chi connectivity index (χ1n) is 16.5. The Balaban J connectivity index is 1.12. The fourth-order valence-electron chi connectivity index (χ4n) is 8.33. The van der Waals surface area contributed by atoms with E-state index < -0.39 is 20.3 Å². The maximum Gasteiger partial charge on any atom is 0.303 e. The van der Waals surface area contributed by atoms with Crippen molar-refractivity contribution in [3.05, 3.63) is 29.8 Å². The average molecular weight is 612 g/mol. The Morgan fingerprint density at radius 3 is 2.05 bits per heavy atom. The van der Waals surface area contributed by atoms with Crippen molar-refractivity contribution in [2.45, 2.75) is 109 Å². The van der Waals surface area contributed by atoms with Crippen LogP contribution in [0.5, 0.6) is 5.75 Å². The molecule has 0 aromatic heterocycles. The lowest BCUT2D eigenvalue weighted by Crippen LogP contribution is -2.55. The van der Waals surface area contributed by atoms with Crippen molar-refractivity contribution in [3.63, 3.8) is 0 Å². The minimum absolute atomic E-state index is 0.0784. The topological polar surface area (TPSA) is 99.2 Å². The summed E-state index contributed by atoms with van der Waals surface area (Å²) in [6.45, 7) is 14.6. The Hall–Kier alpha value is -2.39. The zero-order chi connectivity index (χ0) is 31.0. The molecule has 1 aromatic carbocycles. The number of aliphatic carboxylic acids is 1. The monoisotopic (exact) mass is 611 g/mol. The van der Waals surface area contributed by atoms with Crippen molar-refractivity contribution < 1.29 is 23.9 Å². The Kier molecular flexibility index (Phi) is 9.34. The molecule has 0 radical (unpaired) electrons. The van der Waals surface area contributed by atoms with E-state index in [0.29, 0.717) is 19.5 Å². The molecule has 6 rings (SSSR count). The van der Waals surface area contributed by atoms with Gasteiger partial charge in [0.1, 0.15) is 11.8 Å². The van der Waals surface area contributed by atoms with E-state index in [1.807, 2.05) is 4.90 Å². The lowest BCUT2D eigenvalue weighted by Gasteiger charge is -2.56. The molecule has 8 nitrogen and oxygen atoms in total. The number of piperazine rings is 1. The molecule has 238 valence electrons. The lowest BCUT2D eigenvalue weighted by atomic mass is 9.49. The fourth-order valence-corrected chi connectivity index (χ4v) is 9.36. The number of rotatable bonds is 11. The standard InChI is InChI=1S/C34H53N3O5Si/c1-33(2,3)43(4,5)42-28-8-6-24(7-9-28)23-36-12-14-37(15-13-36)32(41)29(10-11-31(39)40)35-30(38)22-34-19-25-16-26(20-34)18-27(17-25)21-34/h6-9,25-27,29H,10-23H2,1-5H3,(H,35,38)(H,39,40). The van der Waals surface area contributed by atoms with Crippen LogP contribution < -0.4 is 9.74 Å². The third-order valence-corrected chi connectivity index (χ3v) is 15.5. The summed E-state index contributed by atoms with van der Waals surface area (Å²) < 4.78 is 6.42. The number of nitrogens with zero attached hydrogens (tertiary/aromatic N) is 2. The van der Waals surface area contributed by atoms with Gasteiger partial charge in [0.25, 0.3) is 0 Å². The molecule has 4 bridgehead atoms. The number of hydrogen-bond acceptors (Lipinski definition) is 5. The van der Waals surface area contributed by atoms with Gasteiger partial charge in [0.2, 0.25) is 20.1 Å². The number of carbonyl (C=O) groups is 3. The van der Waals surface area contributed by atoms with Crippen molar-refractivity contribution in [2.75, 3.05) is 26.2 Å². The predicted molar refractivity (Wildman–Crippen MR) is 170 cm³/mol. The van der Waals surface area contributed by atoms with Crippen molar-refractivity contribution >= 4 is 26.1 Å².